The maximum atomic E-state index is 14.3. The van der Waals surface area contributed by atoms with Crippen LogP contribution in [-0.4, -0.2) is 51.5 Å². The van der Waals surface area contributed by atoms with E-state index in [1.165, 1.54) is 0 Å². The van der Waals surface area contributed by atoms with E-state index in [4.69, 9.17) is 18.9 Å². The number of ether oxygens (including phenoxy) is 4. The third-order valence-electron chi connectivity index (χ3n) is 8.67. The molecule has 2 amide bonds. The van der Waals surface area contributed by atoms with Crippen LogP contribution < -0.4 is 29.3 Å². The number of morpholine rings is 1. The summed E-state index contributed by atoms with van der Waals surface area (Å²) >= 11 is 0. The number of amides is 2. The molecular formula is C34H29N3O6. The Labute approximate surface area is 248 Å². The third-order valence-corrected chi connectivity index (χ3v) is 8.67. The van der Waals surface area contributed by atoms with Gasteiger partial charge in [-0.3, -0.25) is 9.59 Å². The molecule has 0 saturated carbocycles. The van der Waals surface area contributed by atoms with Crippen molar-refractivity contribution in [3.8, 4) is 17.2 Å². The van der Waals surface area contributed by atoms with Gasteiger partial charge >= 0.3 is 0 Å². The first-order valence-corrected chi connectivity index (χ1v) is 14.4. The molecule has 1 N–H and O–H groups in total. The summed E-state index contributed by atoms with van der Waals surface area (Å²) in [5.74, 6) is 1.59. The fourth-order valence-electron chi connectivity index (χ4n) is 6.50. The molecular weight excluding hydrogens is 546 g/mol. The first kappa shape index (κ1) is 25.7. The first-order valence-electron chi connectivity index (χ1n) is 14.4. The molecule has 9 heteroatoms. The molecule has 4 heterocycles. The van der Waals surface area contributed by atoms with Gasteiger partial charge in [0, 0.05) is 47.3 Å². The second kappa shape index (κ2) is 10.1. The number of nitrogens with one attached hydrogen (secondary N) is 1. The first-order chi connectivity index (χ1) is 21.1. The van der Waals surface area contributed by atoms with Gasteiger partial charge in [0.1, 0.15) is 17.8 Å². The molecule has 0 radical (unpaired) electrons. The molecule has 1 fully saturated rings. The number of anilines is 3. The maximum Gasteiger partial charge on any atom is 0.255 e. The van der Waals surface area contributed by atoms with Gasteiger partial charge in [-0.2, -0.15) is 0 Å². The molecule has 43 heavy (non-hydrogen) atoms. The van der Waals surface area contributed by atoms with Crippen LogP contribution in [0.1, 0.15) is 27.0 Å². The van der Waals surface area contributed by atoms with Crippen LogP contribution in [0.4, 0.5) is 17.1 Å². The molecule has 4 aliphatic heterocycles. The van der Waals surface area contributed by atoms with E-state index in [9.17, 15) is 9.59 Å². The number of rotatable bonds is 5. The summed E-state index contributed by atoms with van der Waals surface area (Å²) in [6.45, 7) is 3.81. The largest absolute Gasteiger partial charge is 0.491 e. The van der Waals surface area contributed by atoms with Crippen LogP contribution in [0, 0.1) is 0 Å². The highest BCUT2D eigenvalue weighted by molar-refractivity contribution is 6.11. The van der Waals surface area contributed by atoms with Crippen molar-refractivity contribution in [1.82, 2.24) is 0 Å². The van der Waals surface area contributed by atoms with Gasteiger partial charge in [0.15, 0.2) is 11.5 Å². The van der Waals surface area contributed by atoms with Crippen LogP contribution in [0.15, 0.2) is 84.9 Å². The lowest BCUT2D eigenvalue weighted by Crippen LogP contribution is -2.42. The highest BCUT2D eigenvalue weighted by atomic mass is 16.7. The van der Waals surface area contributed by atoms with Crippen molar-refractivity contribution in [2.75, 3.05) is 54.8 Å². The number of nitrogens with zero attached hydrogens (tertiary/aromatic N) is 2. The summed E-state index contributed by atoms with van der Waals surface area (Å²) in [7, 11) is 0. The van der Waals surface area contributed by atoms with E-state index in [2.05, 4.69) is 10.2 Å². The van der Waals surface area contributed by atoms with E-state index < -0.39 is 5.41 Å². The van der Waals surface area contributed by atoms with Crippen molar-refractivity contribution in [3.05, 3.63) is 107 Å². The topological polar surface area (TPSA) is 89.6 Å². The second-order valence-corrected chi connectivity index (χ2v) is 11.1. The number of hydrogen-bond donors (Lipinski definition) is 1. The van der Waals surface area contributed by atoms with Gasteiger partial charge in [-0.05, 0) is 59.7 Å². The van der Waals surface area contributed by atoms with E-state index in [1.807, 2.05) is 78.9 Å². The fraction of sp³-hybridized carbons (Fsp3) is 0.235. The zero-order valence-electron chi connectivity index (χ0n) is 23.4. The van der Waals surface area contributed by atoms with Gasteiger partial charge in [-0.25, -0.2) is 0 Å². The number of carbonyl (C=O) groups excluding carboxylic acids is 2. The van der Waals surface area contributed by atoms with Crippen molar-refractivity contribution < 1.29 is 28.5 Å². The molecule has 8 rings (SSSR count). The van der Waals surface area contributed by atoms with E-state index >= 15 is 0 Å². The Morgan fingerprint density at radius 1 is 0.814 bits per heavy atom. The second-order valence-electron chi connectivity index (χ2n) is 11.1. The summed E-state index contributed by atoms with van der Waals surface area (Å²) in [5.41, 5.74) is 4.73. The summed E-state index contributed by atoms with van der Waals surface area (Å²) in [6, 6.07) is 26.8. The Balaban J connectivity index is 1.04. The Morgan fingerprint density at radius 3 is 2.44 bits per heavy atom. The Kier molecular flexibility index (Phi) is 6.01. The van der Waals surface area contributed by atoms with Gasteiger partial charge in [-0.1, -0.05) is 30.3 Å². The van der Waals surface area contributed by atoms with Gasteiger partial charge in [0.25, 0.3) is 5.91 Å². The zero-order valence-corrected chi connectivity index (χ0v) is 23.4. The maximum absolute atomic E-state index is 14.3. The van der Waals surface area contributed by atoms with Gasteiger partial charge in [0.05, 0.1) is 19.8 Å². The molecule has 0 aromatic heterocycles. The number of para-hydroxylation sites is 1. The Hall–Kier alpha value is -5.02. The molecule has 1 atom stereocenters. The van der Waals surface area contributed by atoms with Crippen molar-refractivity contribution >= 4 is 28.9 Å². The average molecular weight is 576 g/mol. The molecule has 1 spiro atoms. The standard InChI is InChI=1S/C34H29N3O6/c38-32(35-24-8-10-25(11-9-24)36-12-14-40-15-13-36)23-5-3-4-22(16-23)19-37-28-7-2-1-6-26(28)34(33(37)39)20-41-29-18-31-30(17-27(29)34)42-21-43-31/h1-11,16-18H,12-15,19-21H2,(H,35,38). The van der Waals surface area contributed by atoms with Crippen LogP contribution in [0.3, 0.4) is 0 Å². The predicted octanol–water partition coefficient (Wildman–Crippen LogP) is 4.73. The lowest BCUT2D eigenvalue weighted by molar-refractivity contribution is -0.122. The van der Waals surface area contributed by atoms with E-state index in [1.54, 1.807) is 11.0 Å². The Morgan fingerprint density at radius 2 is 1.60 bits per heavy atom. The van der Waals surface area contributed by atoms with Crippen LogP contribution in [0.2, 0.25) is 0 Å². The quantitative estimate of drug-likeness (QED) is 0.368. The molecule has 0 aliphatic carbocycles. The molecule has 4 aromatic carbocycles. The van der Waals surface area contributed by atoms with Crippen molar-refractivity contribution in [2.24, 2.45) is 0 Å². The minimum absolute atomic E-state index is 0.0680. The number of fused-ring (bicyclic) bond motifs is 5. The van der Waals surface area contributed by atoms with Crippen LogP contribution in [0.25, 0.3) is 0 Å². The van der Waals surface area contributed by atoms with Crippen molar-refractivity contribution in [2.45, 2.75) is 12.0 Å². The fourth-order valence-corrected chi connectivity index (χ4v) is 6.50. The van der Waals surface area contributed by atoms with Crippen LogP contribution in [-0.2, 0) is 21.5 Å². The highest BCUT2D eigenvalue weighted by Gasteiger charge is 2.57. The Bertz CT molecular complexity index is 1750. The summed E-state index contributed by atoms with van der Waals surface area (Å²) in [5, 5.41) is 3.00. The molecule has 4 aliphatic rings. The van der Waals surface area contributed by atoms with E-state index in [-0.39, 0.29) is 25.2 Å². The molecule has 1 saturated heterocycles. The molecule has 9 nitrogen and oxygen atoms in total. The number of benzene rings is 4. The molecule has 4 aromatic rings. The minimum Gasteiger partial charge on any atom is -0.491 e. The zero-order chi connectivity index (χ0) is 29.0. The van der Waals surface area contributed by atoms with Gasteiger partial charge in [-0.15, -0.1) is 0 Å². The molecule has 216 valence electrons. The smallest absolute Gasteiger partial charge is 0.255 e. The van der Waals surface area contributed by atoms with E-state index in [0.29, 0.717) is 29.4 Å². The summed E-state index contributed by atoms with van der Waals surface area (Å²) in [4.78, 5) is 31.6. The average Bonchev–Trinajstić information content (AvgIpc) is 3.73. The normalized spacial score (nSPS) is 19.8. The SMILES string of the molecule is O=C(Nc1ccc(N2CCOCC2)cc1)c1cccc(CN2C(=O)C3(COc4cc5c(cc43)OCO5)c3ccccc32)c1. The summed E-state index contributed by atoms with van der Waals surface area (Å²) < 4.78 is 22.7. The van der Waals surface area contributed by atoms with Crippen molar-refractivity contribution in [1.29, 1.82) is 0 Å². The van der Waals surface area contributed by atoms with Crippen LogP contribution >= 0.6 is 0 Å². The highest BCUT2D eigenvalue weighted by Crippen LogP contribution is 2.55. The van der Waals surface area contributed by atoms with Crippen LogP contribution in [0.5, 0.6) is 17.2 Å². The van der Waals surface area contributed by atoms with Gasteiger partial charge < -0.3 is 34.1 Å². The predicted molar refractivity (Wildman–Crippen MR) is 160 cm³/mol. The number of hydrogen-bond acceptors (Lipinski definition) is 7. The number of carbonyl (C=O) groups is 2. The third kappa shape index (κ3) is 4.19. The van der Waals surface area contributed by atoms with E-state index in [0.717, 1.165) is 60.1 Å². The minimum atomic E-state index is -0.977. The van der Waals surface area contributed by atoms with Crippen molar-refractivity contribution in [3.63, 3.8) is 0 Å². The lowest BCUT2D eigenvalue weighted by atomic mass is 9.77. The summed E-state index contributed by atoms with van der Waals surface area (Å²) in [6.07, 6.45) is 0. The molecule has 1 unspecified atom stereocenters. The monoisotopic (exact) mass is 575 g/mol. The van der Waals surface area contributed by atoms with Gasteiger partial charge in [0.2, 0.25) is 12.7 Å². The lowest BCUT2D eigenvalue weighted by Gasteiger charge is -2.28. The molecule has 0 bridgehead atoms.